The molecule has 0 aliphatic rings. The van der Waals surface area contributed by atoms with Crippen molar-refractivity contribution < 1.29 is 4.42 Å². The summed E-state index contributed by atoms with van der Waals surface area (Å²) in [6.45, 7) is 6.71. The molecular weight excluding hydrogens is 186 g/mol. The van der Waals surface area contributed by atoms with Gasteiger partial charge < -0.3 is 9.73 Å². The maximum atomic E-state index is 5.33. The Kier molecular flexibility index (Phi) is 5.48. The largest absolute Gasteiger partial charge is 0.469 e. The fourth-order valence-corrected chi connectivity index (χ4v) is 1.87. The highest BCUT2D eigenvalue weighted by atomic mass is 16.3. The van der Waals surface area contributed by atoms with Crippen molar-refractivity contribution >= 4 is 0 Å². The summed E-state index contributed by atoms with van der Waals surface area (Å²) in [4.78, 5) is 0. The van der Waals surface area contributed by atoms with Gasteiger partial charge in [-0.3, -0.25) is 0 Å². The van der Waals surface area contributed by atoms with Crippen molar-refractivity contribution in [2.75, 3.05) is 0 Å². The minimum Gasteiger partial charge on any atom is -0.469 e. The Balaban J connectivity index is 2.20. The van der Waals surface area contributed by atoms with Crippen LogP contribution in [0.1, 0.15) is 45.8 Å². The summed E-state index contributed by atoms with van der Waals surface area (Å²) >= 11 is 0. The van der Waals surface area contributed by atoms with Crippen molar-refractivity contribution in [2.45, 2.75) is 58.5 Å². The fourth-order valence-electron chi connectivity index (χ4n) is 1.87. The maximum Gasteiger partial charge on any atom is 0.105 e. The molecular formula is C13H23NO. The van der Waals surface area contributed by atoms with E-state index in [1.807, 2.05) is 12.1 Å². The zero-order chi connectivity index (χ0) is 11.1. The molecule has 2 nitrogen and oxygen atoms in total. The minimum absolute atomic E-state index is 0.489. The first kappa shape index (κ1) is 12.3. The van der Waals surface area contributed by atoms with E-state index in [2.05, 4.69) is 26.1 Å². The average Bonchev–Trinajstić information content (AvgIpc) is 2.67. The Morgan fingerprint density at radius 1 is 1.33 bits per heavy atom. The number of nitrogens with one attached hydrogen (secondary N) is 1. The van der Waals surface area contributed by atoms with Crippen molar-refractivity contribution in [3.63, 3.8) is 0 Å². The molecule has 2 heteroatoms. The molecule has 1 aromatic rings. The zero-order valence-electron chi connectivity index (χ0n) is 10.1. The molecule has 0 bridgehead atoms. The van der Waals surface area contributed by atoms with E-state index in [4.69, 9.17) is 4.42 Å². The van der Waals surface area contributed by atoms with Crippen molar-refractivity contribution in [2.24, 2.45) is 0 Å². The molecule has 0 aliphatic carbocycles. The number of unbranched alkanes of at least 4 members (excludes halogenated alkanes) is 1. The van der Waals surface area contributed by atoms with Gasteiger partial charge >= 0.3 is 0 Å². The van der Waals surface area contributed by atoms with Crippen LogP contribution in [0, 0.1) is 0 Å². The summed E-state index contributed by atoms with van der Waals surface area (Å²) in [6, 6.07) is 5.08. The third kappa shape index (κ3) is 5.03. The lowest BCUT2D eigenvalue weighted by Gasteiger charge is -2.18. The van der Waals surface area contributed by atoms with E-state index < -0.39 is 0 Å². The topological polar surface area (TPSA) is 25.2 Å². The van der Waals surface area contributed by atoms with Gasteiger partial charge in [0.05, 0.1) is 6.26 Å². The van der Waals surface area contributed by atoms with Crippen molar-refractivity contribution in [3.05, 3.63) is 24.2 Å². The first-order valence-corrected chi connectivity index (χ1v) is 6.00. The second kappa shape index (κ2) is 6.67. The van der Waals surface area contributed by atoms with Crippen LogP contribution >= 0.6 is 0 Å². The zero-order valence-corrected chi connectivity index (χ0v) is 10.1. The predicted molar refractivity (Wildman–Crippen MR) is 64.0 cm³/mol. The second-order valence-electron chi connectivity index (χ2n) is 4.39. The Labute approximate surface area is 93.1 Å². The van der Waals surface area contributed by atoms with Crippen LogP contribution < -0.4 is 5.32 Å². The molecule has 0 saturated heterocycles. The van der Waals surface area contributed by atoms with Gasteiger partial charge in [0, 0.05) is 18.5 Å². The van der Waals surface area contributed by atoms with Crippen molar-refractivity contribution in [3.8, 4) is 0 Å². The molecule has 15 heavy (non-hydrogen) atoms. The molecule has 0 aliphatic heterocycles. The SMILES string of the molecule is CCCCC(C)NC(C)Cc1ccco1. The van der Waals surface area contributed by atoms with Gasteiger partial charge in [0.15, 0.2) is 0 Å². The number of rotatable bonds is 7. The Bertz CT molecular complexity index is 243. The van der Waals surface area contributed by atoms with E-state index in [1.165, 1.54) is 19.3 Å². The summed E-state index contributed by atoms with van der Waals surface area (Å²) in [5.74, 6) is 1.07. The van der Waals surface area contributed by atoms with Crippen LogP contribution in [-0.4, -0.2) is 12.1 Å². The molecule has 86 valence electrons. The summed E-state index contributed by atoms with van der Waals surface area (Å²) < 4.78 is 5.33. The second-order valence-corrected chi connectivity index (χ2v) is 4.39. The number of furan rings is 1. The van der Waals surface area contributed by atoms with E-state index in [0.29, 0.717) is 12.1 Å². The molecule has 0 saturated carbocycles. The molecule has 0 aromatic carbocycles. The average molecular weight is 209 g/mol. The third-order valence-corrected chi connectivity index (χ3v) is 2.65. The highest BCUT2D eigenvalue weighted by Gasteiger charge is 2.08. The molecule has 0 spiro atoms. The lowest BCUT2D eigenvalue weighted by Crippen LogP contribution is -2.35. The van der Waals surface area contributed by atoms with E-state index >= 15 is 0 Å². The first-order chi connectivity index (χ1) is 7.22. The highest BCUT2D eigenvalue weighted by molar-refractivity contribution is 5.00. The molecule has 0 amide bonds. The van der Waals surface area contributed by atoms with E-state index in [1.54, 1.807) is 6.26 Å². The Morgan fingerprint density at radius 3 is 2.73 bits per heavy atom. The van der Waals surface area contributed by atoms with Crippen LogP contribution in [0.5, 0.6) is 0 Å². The molecule has 2 unspecified atom stereocenters. The van der Waals surface area contributed by atoms with E-state index in [0.717, 1.165) is 12.2 Å². The lowest BCUT2D eigenvalue weighted by atomic mass is 10.1. The fraction of sp³-hybridized carbons (Fsp3) is 0.692. The molecule has 2 atom stereocenters. The minimum atomic E-state index is 0.489. The van der Waals surface area contributed by atoms with E-state index in [-0.39, 0.29) is 0 Å². The standard InChI is InChI=1S/C13H23NO/c1-4-5-7-11(2)14-12(3)10-13-8-6-9-15-13/h6,8-9,11-12,14H,4-5,7,10H2,1-3H3. The number of hydrogen-bond acceptors (Lipinski definition) is 2. The maximum absolute atomic E-state index is 5.33. The Hall–Kier alpha value is -0.760. The van der Waals surface area contributed by atoms with Gasteiger partial charge in [0.1, 0.15) is 5.76 Å². The normalized spacial score (nSPS) is 15.1. The molecule has 1 heterocycles. The summed E-state index contributed by atoms with van der Waals surface area (Å²) in [7, 11) is 0. The molecule has 0 radical (unpaired) electrons. The summed E-state index contributed by atoms with van der Waals surface area (Å²) in [5.41, 5.74) is 0. The van der Waals surface area contributed by atoms with Crippen LogP contribution in [-0.2, 0) is 6.42 Å². The van der Waals surface area contributed by atoms with Gasteiger partial charge in [-0.05, 0) is 32.4 Å². The van der Waals surface area contributed by atoms with Gasteiger partial charge in [0.25, 0.3) is 0 Å². The van der Waals surface area contributed by atoms with Crippen LogP contribution in [0.15, 0.2) is 22.8 Å². The van der Waals surface area contributed by atoms with Gasteiger partial charge in [-0.25, -0.2) is 0 Å². The Morgan fingerprint density at radius 2 is 2.13 bits per heavy atom. The molecule has 1 N–H and O–H groups in total. The number of hydrogen-bond donors (Lipinski definition) is 1. The quantitative estimate of drug-likeness (QED) is 0.744. The van der Waals surface area contributed by atoms with Crippen LogP contribution in [0.4, 0.5) is 0 Å². The van der Waals surface area contributed by atoms with Crippen molar-refractivity contribution in [1.82, 2.24) is 5.32 Å². The highest BCUT2D eigenvalue weighted by Crippen LogP contribution is 2.06. The molecule has 1 rings (SSSR count). The predicted octanol–water partition coefficient (Wildman–Crippen LogP) is 3.38. The van der Waals surface area contributed by atoms with Gasteiger partial charge in [0.2, 0.25) is 0 Å². The van der Waals surface area contributed by atoms with Gasteiger partial charge in [-0.15, -0.1) is 0 Å². The molecule has 0 fully saturated rings. The van der Waals surface area contributed by atoms with Crippen LogP contribution in [0.2, 0.25) is 0 Å². The third-order valence-electron chi connectivity index (χ3n) is 2.65. The first-order valence-electron chi connectivity index (χ1n) is 6.00. The lowest BCUT2D eigenvalue weighted by molar-refractivity contribution is 0.406. The van der Waals surface area contributed by atoms with E-state index in [9.17, 15) is 0 Å². The van der Waals surface area contributed by atoms with Gasteiger partial charge in [-0.1, -0.05) is 19.8 Å². The van der Waals surface area contributed by atoms with Crippen molar-refractivity contribution in [1.29, 1.82) is 0 Å². The van der Waals surface area contributed by atoms with Crippen LogP contribution in [0.25, 0.3) is 0 Å². The monoisotopic (exact) mass is 209 g/mol. The van der Waals surface area contributed by atoms with Crippen LogP contribution in [0.3, 0.4) is 0 Å². The van der Waals surface area contributed by atoms with Gasteiger partial charge in [-0.2, -0.15) is 0 Å². The smallest absolute Gasteiger partial charge is 0.105 e. The summed E-state index contributed by atoms with van der Waals surface area (Å²) in [6.07, 6.45) is 6.56. The summed E-state index contributed by atoms with van der Waals surface area (Å²) in [5, 5.41) is 3.59. The molecule has 1 aromatic heterocycles.